The molecular weight excluding hydrogens is 244 g/mol. The largest absolute Gasteiger partial charge is 0.481 e. The van der Waals surface area contributed by atoms with Gasteiger partial charge in [-0.25, -0.2) is 4.79 Å². The van der Waals surface area contributed by atoms with Gasteiger partial charge in [-0.2, -0.15) is 0 Å². The first kappa shape index (κ1) is 15.8. The van der Waals surface area contributed by atoms with Crippen LogP contribution in [0.25, 0.3) is 0 Å². The summed E-state index contributed by atoms with van der Waals surface area (Å²) in [6, 6.07) is -0.393. The molecule has 0 saturated carbocycles. The predicted molar refractivity (Wildman–Crippen MR) is 74.1 cm³/mol. The highest BCUT2D eigenvalue weighted by Crippen LogP contribution is 2.33. The smallest absolute Gasteiger partial charge is 0.317 e. The molecule has 110 valence electrons. The number of carboxylic acids is 1. The topological polar surface area (TPSA) is 69.6 Å². The molecule has 0 aromatic carbocycles. The number of aliphatic carboxylic acids is 1. The average molecular weight is 270 g/mol. The Morgan fingerprint density at radius 3 is 2.32 bits per heavy atom. The van der Waals surface area contributed by atoms with E-state index < -0.39 is 5.97 Å². The Hall–Kier alpha value is -1.26. The van der Waals surface area contributed by atoms with Crippen molar-refractivity contribution in [1.29, 1.82) is 0 Å². The number of amides is 2. The molecule has 19 heavy (non-hydrogen) atoms. The molecular formula is C14H26N2O3. The summed E-state index contributed by atoms with van der Waals surface area (Å²) in [6.45, 7) is 7.87. The second-order valence-electron chi connectivity index (χ2n) is 5.80. The first-order chi connectivity index (χ1) is 8.90. The van der Waals surface area contributed by atoms with Gasteiger partial charge in [0, 0.05) is 19.1 Å². The van der Waals surface area contributed by atoms with Gasteiger partial charge in [-0.05, 0) is 24.7 Å². The van der Waals surface area contributed by atoms with E-state index in [-0.39, 0.29) is 18.5 Å². The summed E-state index contributed by atoms with van der Waals surface area (Å²) in [5, 5.41) is 11.6. The van der Waals surface area contributed by atoms with Gasteiger partial charge < -0.3 is 15.3 Å². The molecule has 0 aromatic rings. The molecule has 5 nitrogen and oxygen atoms in total. The van der Waals surface area contributed by atoms with E-state index >= 15 is 0 Å². The van der Waals surface area contributed by atoms with Gasteiger partial charge >= 0.3 is 12.0 Å². The molecule has 1 fully saturated rings. The van der Waals surface area contributed by atoms with E-state index in [1.807, 2.05) is 11.8 Å². The van der Waals surface area contributed by atoms with Gasteiger partial charge in [-0.1, -0.05) is 27.2 Å². The first-order valence-electron chi connectivity index (χ1n) is 7.17. The van der Waals surface area contributed by atoms with Crippen molar-refractivity contribution in [2.75, 3.05) is 13.1 Å². The van der Waals surface area contributed by atoms with Crippen LogP contribution in [0, 0.1) is 5.41 Å². The zero-order valence-corrected chi connectivity index (χ0v) is 12.2. The molecule has 0 aromatic heterocycles. The van der Waals surface area contributed by atoms with Crippen LogP contribution in [0.3, 0.4) is 0 Å². The van der Waals surface area contributed by atoms with Gasteiger partial charge in [0.05, 0.1) is 6.42 Å². The monoisotopic (exact) mass is 270 g/mol. The number of urea groups is 1. The summed E-state index contributed by atoms with van der Waals surface area (Å²) in [6.07, 6.45) is 3.81. The zero-order chi connectivity index (χ0) is 14.5. The highest BCUT2D eigenvalue weighted by Gasteiger charge is 2.30. The Morgan fingerprint density at radius 1 is 1.32 bits per heavy atom. The molecule has 1 aliphatic heterocycles. The van der Waals surface area contributed by atoms with Crippen LogP contribution < -0.4 is 5.32 Å². The van der Waals surface area contributed by atoms with E-state index in [2.05, 4.69) is 19.2 Å². The predicted octanol–water partition coefficient (Wildman–Crippen LogP) is 2.46. The lowest BCUT2D eigenvalue weighted by Crippen LogP contribution is -2.49. The fourth-order valence-electron chi connectivity index (χ4n) is 2.38. The average Bonchev–Trinajstić information content (AvgIpc) is 2.38. The lowest BCUT2D eigenvalue weighted by molar-refractivity contribution is -0.137. The van der Waals surface area contributed by atoms with Gasteiger partial charge in [0.25, 0.3) is 0 Å². The summed E-state index contributed by atoms with van der Waals surface area (Å²) < 4.78 is 0. The molecule has 0 spiro atoms. The molecule has 1 aliphatic rings. The Morgan fingerprint density at radius 2 is 1.89 bits per heavy atom. The zero-order valence-electron chi connectivity index (χ0n) is 12.2. The lowest BCUT2D eigenvalue weighted by Gasteiger charge is -2.39. The van der Waals surface area contributed by atoms with Crippen molar-refractivity contribution < 1.29 is 14.7 Å². The van der Waals surface area contributed by atoms with Crippen LogP contribution in [-0.4, -0.2) is 41.1 Å². The van der Waals surface area contributed by atoms with E-state index in [1.54, 1.807) is 0 Å². The second kappa shape index (κ2) is 6.78. The van der Waals surface area contributed by atoms with Crippen molar-refractivity contribution in [2.24, 2.45) is 5.41 Å². The molecule has 5 heteroatoms. The number of rotatable bonds is 5. The minimum absolute atomic E-state index is 0.0112. The summed E-state index contributed by atoms with van der Waals surface area (Å²) in [4.78, 5) is 24.6. The molecule has 2 N–H and O–H groups in total. The van der Waals surface area contributed by atoms with Crippen LogP contribution in [0.2, 0.25) is 0 Å². The Bertz CT molecular complexity index is 323. The highest BCUT2D eigenvalue weighted by atomic mass is 16.4. The SMILES string of the molecule is CCC(CC(=O)O)NC(=O)N1CCC(C)(CC)CC1. The van der Waals surface area contributed by atoms with Crippen LogP contribution in [0.4, 0.5) is 4.79 Å². The number of carbonyl (C=O) groups excluding carboxylic acids is 1. The van der Waals surface area contributed by atoms with Gasteiger partial charge in [0.2, 0.25) is 0 Å². The number of hydrogen-bond donors (Lipinski definition) is 2. The number of likely N-dealkylation sites (tertiary alicyclic amines) is 1. The van der Waals surface area contributed by atoms with Crippen LogP contribution in [0.15, 0.2) is 0 Å². The molecule has 1 rings (SSSR count). The molecule has 1 saturated heterocycles. The van der Waals surface area contributed by atoms with Crippen molar-refractivity contribution in [1.82, 2.24) is 10.2 Å². The lowest BCUT2D eigenvalue weighted by atomic mass is 9.78. The quantitative estimate of drug-likeness (QED) is 0.806. The molecule has 0 radical (unpaired) electrons. The Balaban J connectivity index is 2.44. The number of nitrogens with zero attached hydrogens (tertiary/aromatic N) is 1. The van der Waals surface area contributed by atoms with Crippen LogP contribution in [-0.2, 0) is 4.79 Å². The Kier molecular flexibility index (Phi) is 5.63. The second-order valence-corrected chi connectivity index (χ2v) is 5.80. The third kappa shape index (κ3) is 4.73. The number of nitrogens with one attached hydrogen (secondary N) is 1. The number of carboxylic acid groups (broad SMARTS) is 1. The third-order valence-corrected chi connectivity index (χ3v) is 4.35. The van der Waals surface area contributed by atoms with E-state index in [0.29, 0.717) is 11.8 Å². The highest BCUT2D eigenvalue weighted by molar-refractivity contribution is 5.76. The normalized spacial score (nSPS) is 19.8. The molecule has 0 bridgehead atoms. The number of piperidine rings is 1. The number of carbonyl (C=O) groups is 2. The van der Waals surface area contributed by atoms with Crippen molar-refractivity contribution in [2.45, 2.75) is 58.9 Å². The van der Waals surface area contributed by atoms with Crippen LogP contribution >= 0.6 is 0 Å². The maximum atomic E-state index is 12.1. The minimum Gasteiger partial charge on any atom is -0.481 e. The maximum absolute atomic E-state index is 12.1. The third-order valence-electron chi connectivity index (χ3n) is 4.35. The first-order valence-corrected chi connectivity index (χ1v) is 7.17. The molecule has 0 aliphatic carbocycles. The fraction of sp³-hybridized carbons (Fsp3) is 0.857. The molecule has 1 heterocycles. The maximum Gasteiger partial charge on any atom is 0.317 e. The Labute approximate surface area is 115 Å². The summed E-state index contributed by atoms with van der Waals surface area (Å²) in [5.41, 5.74) is 0.349. The van der Waals surface area contributed by atoms with E-state index in [1.165, 1.54) is 0 Å². The van der Waals surface area contributed by atoms with Crippen molar-refractivity contribution in [3.8, 4) is 0 Å². The molecule has 2 amide bonds. The standard InChI is InChI=1S/C14H26N2O3/c1-4-11(10-12(17)18)15-13(19)16-8-6-14(3,5-2)7-9-16/h11H,4-10H2,1-3H3,(H,15,19)(H,17,18). The number of hydrogen-bond acceptors (Lipinski definition) is 2. The van der Waals surface area contributed by atoms with Crippen LogP contribution in [0.1, 0.15) is 52.9 Å². The van der Waals surface area contributed by atoms with Crippen molar-refractivity contribution in [3.05, 3.63) is 0 Å². The van der Waals surface area contributed by atoms with E-state index in [4.69, 9.17) is 5.11 Å². The summed E-state index contributed by atoms with van der Waals surface area (Å²) in [5.74, 6) is -0.871. The molecule has 1 atom stereocenters. The van der Waals surface area contributed by atoms with Gasteiger partial charge in [0.1, 0.15) is 0 Å². The van der Waals surface area contributed by atoms with Gasteiger partial charge in [-0.3, -0.25) is 4.79 Å². The molecule has 1 unspecified atom stereocenters. The van der Waals surface area contributed by atoms with Crippen molar-refractivity contribution >= 4 is 12.0 Å². The van der Waals surface area contributed by atoms with E-state index in [0.717, 1.165) is 32.4 Å². The van der Waals surface area contributed by atoms with Crippen molar-refractivity contribution in [3.63, 3.8) is 0 Å². The van der Waals surface area contributed by atoms with Crippen LogP contribution in [0.5, 0.6) is 0 Å². The van der Waals surface area contributed by atoms with E-state index in [9.17, 15) is 9.59 Å². The minimum atomic E-state index is -0.871. The fourth-order valence-corrected chi connectivity index (χ4v) is 2.38. The summed E-state index contributed by atoms with van der Waals surface area (Å²) >= 11 is 0. The van der Waals surface area contributed by atoms with Gasteiger partial charge in [0.15, 0.2) is 0 Å². The summed E-state index contributed by atoms with van der Waals surface area (Å²) in [7, 11) is 0. The van der Waals surface area contributed by atoms with Gasteiger partial charge in [-0.15, -0.1) is 0 Å².